The quantitative estimate of drug-likeness (QED) is 0.399. The number of alkyl halides is 13. The van der Waals surface area contributed by atoms with Crippen LogP contribution in [0.5, 0.6) is 0 Å². The molecule has 0 rings (SSSR count). The summed E-state index contributed by atoms with van der Waals surface area (Å²) in [5.41, 5.74) is 0. The van der Waals surface area contributed by atoms with Gasteiger partial charge in [-0.3, -0.25) is 4.57 Å². The Labute approximate surface area is 135 Å². The smallest absolute Gasteiger partial charge is 0.344 e. The molecule has 0 heterocycles. The Balaban J connectivity index is 0. The molecule has 0 bridgehead atoms. The molecule has 0 spiro atoms. The number of hydrogen-bond acceptors (Lipinski definition) is 2. The summed E-state index contributed by atoms with van der Waals surface area (Å²) in [7, 11) is -5.56. The van der Waals surface area contributed by atoms with Crippen molar-refractivity contribution in [1.29, 1.82) is 0 Å². The molecule has 0 radical (unpaired) electrons. The van der Waals surface area contributed by atoms with Gasteiger partial charge in [0.2, 0.25) is 0 Å². The Morgan fingerprint density at radius 3 is 1.19 bits per heavy atom. The maximum absolute atomic E-state index is 13.0. The first-order valence-corrected chi connectivity index (χ1v) is 7.26. The third-order valence-corrected chi connectivity index (χ3v) is 3.52. The molecular formula is C8H9F13NO3P. The van der Waals surface area contributed by atoms with Gasteiger partial charge in [0.15, 0.2) is 0 Å². The van der Waals surface area contributed by atoms with E-state index in [1.54, 1.807) is 0 Å². The minimum Gasteiger partial charge on any atom is -0.344 e. The second-order valence-electron chi connectivity index (χ2n) is 4.64. The van der Waals surface area contributed by atoms with Gasteiger partial charge in [-0.25, -0.2) is 0 Å². The van der Waals surface area contributed by atoms with E-state index >= 15 is 0 Å². The molecule has 160 valence electrons. The van der Waals surface area contributed by atoms with Gasteiger partial charge in [0.1, 0.15) is 0 Å². The number of rotatable bonds is 7. The van der Waals surface area contributed by atoms with E-state index in [4.69, 9.17) is 9.79 Å². The Hall–Kier alpha value is -0.800. The van der Waals surface area contributed by atoms with Crippen LogP contribution in [0.1, 0.15) is 6.42 Å². The van der Waals surface area contributed by atoms with Crippen molar-refractivity contribution in [2.24, 2.45) is 0 Å². The van der Waals surface area contributed by atoms with Crippen molar-refractivity contribution in [2.75, 3.05) is 6.16 Å². The molecule has 0 saturated carbocycles. The first kappa shape index (κ1) is 27.4. The predicted molar refractivity (Wildman–Crippen MR) is 57.3 cm³/mol. The lowest BCUT2D eigenvalue weighted by molar-refractivity contribution is -0.439. The van der Waals surface area contributed by atoms with Crippen LogP contribution in [0.15, 0.2) is 0 Å². The molecule has 0 atom stereocenters. The normalized spacial score (nSPS) is 15.7. The SMILES string of the molecule is N.O=P(O)(O)CCC(F)(F)C(F)(F)C(F)(F)C(F)(F)C(F)(F)C(F)(F)F. The minimum atomic E-state index is -8.02. The lowest BCUT2D eigenvalue weighted by atomic mass is 9.93. The van der Waals surface area contributed by atoms with Crippen LogP contribution >= 0.6 is 7.60 Å². The largest absolute Gasteiger partial charge is 0.460 e. The molecule has 0 unspecified atom stereocenters. The van der Waals surface area contributed by atoms with Gasteiger partial charge in [-0.05, 0) is 0 Å². The zero-order valence-electron chi connectivity index (χ0n) is 11.8. The molecule has 0 fully saturated rings. The van der Waals surface area contributed by atoms with Crippen LogP contribution < -0.4 is 6.15 Å². The molecule has 26 heavy (non-hydrogen) atoms. The summed E-state index contributed by atoms with van der Waals surface area (Å²) in [6, 6.07) is 0. The van der Waals surface area contributed by atoms with Crippen LogP contribution in [0.3, 0.4) is 0 Å². The molecule has 0 aliphatic rings. The van der Waals surface area contributed by atoms with Gasteiger partial charge in [0.05, 0.1) is 6.16 Å². The van der Waals surface area contributed by atoms with Crippen LogP contribution in [-0.4, -0.2) is 51.7 Å². The molecule has 0 aliphatic heterocycles. The fourth-order valence-corrected chi connectivity index (χ4v) is 1.82. The summed E-state index contributed by atoms with van der Waals surface area (Å²) in [5.74, 6) is -37.8. The molecule has 18 heteroatoms. The highest BCUT2D eigenvalue weighted by atomic mass is 31.2. The second kappa shape index (κ2) is 6.98. The van der Waals surface area contributed by atoms with Crippen LogP contribution in [0.2, 0.25) is 0 Å². The van der Waals surface area contributed by atoms with Crippen molar-refractivity contribution in [3.63, 3.8) is 0 Å². The highest BCUT2D eigenvalue weighted by Gasteiger charge is 2.90. The average molecular weight is 445 g/mol. The summed E-state index contributed by atoms with van der Waals surface area (Å²) in [6.07, 6.45) is -12.7. The molecule has 0 aromatic heterocycles. The van der Waals surface area contributed by atoms with E-state index in [9.17, 15) is 61.6 Å². The molecule has 0 aliphatic carbocycles. The first-order chi connectivity index (χ1) is 10.5. The standard InChI is InChI=1S/C8H6F13O3P.H3N/c9-3(10,1-2-25(22,23)24)4(11,12)5(13,14)6(15,16)7(17,18)8(19,20)21;/h1-2H2,(H2,22,23,24);1H3. The van der Waals surface area contributed by atoms with E-state index in [2.05, 4.69) is 0 Å². The Bertz CT molecular complexity index is 540. The van der Waals surface area contributed by atoms with Crippen molar-refractivity contribution in [2.45, 2.75) is 42.2 Å². The van der Waals surface area contributed by atoms with Gasteiger partial charge in [0.25, 0.3) is 0 Å². The summed E-state index contributed by atoms with van der Waals surface area (Å²) in [4.78, 5) is 16.3. The highest BCUT2D eigenvalue weighted by Crippen LogP contribution is 2.61. The maximum atomic E-state index is 13.0. The predicted octanol–water partition coefficient (Wildman–Crippen LogP) is 4.46. The molecule has 4 nitrogen and oxygen atoms in total. The molecule has 5 N–H and O–H groups in total. The Kier molecular flexibility index (Phi) is 7.36. The van der Waals surface area contributed by atoms with Crippen molar-refractivity contribution in [1.82, 2.24) is 6.15 Å². The number of hydrogen-bond donors (Lipinski definition) is 3. The van der Waals surface area contributed by atoms with Crippen LogP contribution in [0.25, 0.3) is 0 Å². The van der Waals surface area contributed by atoms with Crippen LogP contribution in [0, 0.1) is 0 Å². The monoisotopic (exact) mass is 445 g/mol. The van der Waals surface area contributed by atoms with Crippen molar-refractivity contribution in [3.8, 4) is 0 Å². The molecule has 0 saturated heterocycles. The lowest BCUT2D eigenvalue weighted by Crippen LogP contribution is -2.70. The van der Waals surface area contributed by atoms with E-state index in [1.807, 2.05) is 0 Å². The topological polar surface area (TPSA) is 92.5 Å². The highest BCUT2D eigenvalue weighted by molar-refractivity contribution is 7.51. The number of halogens is 13. The first-order valence-electron chi connectivity index (χ1n) is 5.46. The van der Waals surface area contributed by atoms with Crippen LogP contribution in [0.4, 0.5) is 57.1 Å². The molecule has 0 aromatic rings. The third-order valence-electron chi connectivity index (χ3n) is 2.72. The fourth-order valence-electron chi connectivity index (χ4n) is 1.25. The summed E-state index contributed by atoms with van der Waals surface area (Å²) in [5, 5.41) is 0. The fraction of sp³-hybridized carbons (Fsp3) is 1.00. The summed E-state index contributed by atoms with van der Waals surface area (Å²) in [6.45, 7) is 0. The maximum Gasteiger partial charge on any atom is 0.460 e. The Morgan fingerprint density at radius 1 is 0.615 bits per heavy atom. The van der Waals surface area contributed by atoms with Gasteiger partial charge in [-0.2, -0.15) is 57.1 Å². The van der Waals surface area contributed by atoms with Crippen molar-refractivity contribution in [3.05, 3.63) is 0 Å². The molecule has 0 aromatic carbocycles. The average Bonchev–Trinajstić information content (AvgIpc) is 2.33. The summed E-state index contributed by atoms with van der Waals surface area (Å²) >= 11 is 0. The zero-order valence-corrected chi connectivity index (χ0v) is 12.7. The van der Waals surface area contributed by atoms with E-state index in [0.717, 1.165) is 0 Å². The van der Waals surface area contributed by atoms with Gasteiger partial charge in [-0.1, -0.05) is 0 Å². The molecule has 0 amide bonds. The van der Waals surface area contributed by atoms with E-state index in [0.29, 0.717) is 0 Å². The minimum absolute atomic E-state index is 0. The van der Waals surface area contributed by atoms with E-state index in [-0.39, 0.29) is 6.15 Å². The van der Waals surface area contributed by atoms with Crippen LogP contribution in [-0.2, 0) is 4.57 Å². The second-order valence-corrected chi connectivity index (χ2v) is 6.41. The van der Waals surface area contributed by atoms with Gasteiger partial charge in [-0.15, -0.1) is 0 Å². The van der Waals surface area contributed by atoms with Gasteiger partial charge >= 0.3 is 43.4 Å². The van der Waals surface area contributed by atoms with Gasteiger partial charge < -0.3 is 15.9 Å². The lowest BCUT2D eigenvalue weighted by Gasteiger charge is -2.39. The third kappa shape index (κ3) is 4.36. The van der Waals surface area contributed by atoms with Gasteiger partial charge in [0, 0.05) is 6.42 Å². The van der Waals surface area contributed by atoms with E-state index in [1.165, 1.54) is 0 Å². The Morgan fingerprint density at radius 2 is 0.923 bits per heavy atom. The summed E-state index contributed by atoms with van der Waals surface area (Å²) < 4.78 is 174. The molecular weight excluding hydrogens is 436 g/mol. The van der Waals surface area contributed by atoms with E-state index < -0.39 is 56.0 Å². The van der Waals surface area contributed by atoms with Crippen molar-refractivity contribution < 1.29 is 71.4 Å². The zero-order chi connectivity index (χ0) is 20.9. The van der Waals surface area contributed by atoms with Crippen molar-refractivity contribution >= 4 is 7.60 Å².